The highest BCUT2D eigenvalue weighted by molar-refractivity contribution is 14.1. The van der Waals surface area contributed by atoms with Crippen LogP contribution in [-0.2, 0) is 6.42 Å². The molecule has 0 N–H and O–H groups in total. The third-order valence-electron chi connectivity index (χ3n) is 2.15. The van der Waals surface area contributed by atoms with E-state index in [-0.39, 0.29) is 0 Å². The number of hydrogen-bond acceptors (Lipinski definition) is 2. The van der Waals surface area contributed by atoms with Gasteiger partial charge in [-0.2, -0.15) is 0 Å². The first-order valence-electron chi connectivity index (χ1n) is 3.81. The lowest BCUT2D eigenvalue weighted by Crippen LogP contribution is -1.72. The minimum atomic E-state index is 1.16. The monoisotopic (exact) mass is 430 g/mol. The first kappa shape index (κ1) is 9.11. The van der Waals surface area contributed by atoms with E-state index >= 15 is 0 Å². The van der Waals surface area contributed by atoms with Crippen molar-refractivity contribution in [3.63, 3.8) is 0 Å². The summed E-state index contributed by atoms with van der Waals surface area (Å²) in [5.74, 6) is 0. The van der Waals surface area contributed by atoms with E-state index in [4.69, 9.17) is 0 Å². The molecule has 0 spiro atoms. The summed E-state index contributed by atoms with van der Waals surface area (Å²) < 4.78 is 2.83. The van der Waals surface area contributed by atoms with E-state index in [1.54, 1.807) is 4.88 Å². The van der Waals surface area contributed by atoms with Crippen LogP contribution >= 0.6 is 67.9 Å². The molecule has 4 heteroatoms. The van der Waals surface area contributed by atoms with Crippen molar-refractivity contribution < 1.29 is 0 Å². The molecule has 0 radical (unpaired) electrons. The number of hydrogen-bond donors (Lipinski definition) is 0. The fraction of sp³-hybridized carbons (Fsp3) is 0.111. The van der Waals surface area contributed by atoms with Crippen LogP contribution < -0.4 is 0 Å². The number of rotatable bonds is 0. The van der Waals surface area contributed by atoms with Gasteiger partial charge in [0, 0.05) is 21.7 Å². The second-order valence-electron chi connectivity index (χ2n) is 2.97. The van der Waals surface area contributed by atoms with Gasteiger partial charge in [0.2, 0.25) is 0 Å². The van der Waals surface area contributed by atoms with E-state index in [0.717, 1.165) is 6.42 Å². The van der Waals surface area contributed by atoms with Crippen molar-refractivity contribution in [3.8, 4) is 10.4 Å². The van der Waals surface area contributed by atoms with E-state index in [1.165, 1.54) is 21.8 Å². The number of halogens is 2. The van der Waals surface area contributed by atoms with Gasteiger partial charge in [-0.05, 0) is 62.9 Å². The van der Waals surface area contributed by atoms with Crippen LogP contribution in [-0.4, -0.2) is 0 Å². The van der Waals surface area contributed by atoms with Crippen molar-refractivity contribution in [1.29, 1.82) is 0 Å². The van der Waals surface area contributed by atoms with E-state index < -0.39 is 0 Å². The van der Waals surface area contributed by atoms with E-state index in [0.29, 0.717) is 0 Å². The molecule has 0 fully saturated rings. The highest BCUT2D eigenvalue weighted by atomic mass is 127. The van der Waals surface area contributed by atoms with Gasteiger partial charge in [0.05, 0.1) is 5.77 Å². The predicted molar refractivity (Wildman–Crippen MR) is 75.9 cm³/mol. The fourth-order valence-electron chi connectivity index (χ4n) is 1.65. The first-order valence-corrected chi connectivity index (χ1v) is 7.60. The summed E-state index contributed by atoms with van der Waals surface area (Å²) in [7, 11) is 0. The first-order chi connectivity index (χ1) is 6.24. The highest BCUT2D eigenvalue weighted by Gasteiger charge is 2.23. The van der Waals surface area contributed by atoms with E-state index in [2.05, 4.69) is 57.3 Å². The summed E-state index contributed by atoms with van der Waals surface area (Å²) in [4.78, 5) is 3.07. The van der Waals surface area contributed by atoms with E-state index in [1.807, 2.05) is 22.7 Å². The molecule has 0 saturated heterocycles. The molecule has 66 valence electrons. The van der Waals surface area contributed by atoms with Gasteiger partial charge in [-0.1, -0.05) is 0 Å². The van der Waals surface area contributed by atoms with Crippen LogP contribution in [0, 0.1) is 5.77 Å². The molecular weight excluding hydrogens is 426 g/mol. The van der Waals surface area contributed by atoms with Crippen LogP contribution in [0.4, 0.5) is 0 Å². The highest BCUT2D eigenvalue weighted by Crippen LogP contribution is 2.46. The molecule has 0 amide bonds. The lowest BCUT2D eigenvalue weighted by molar-refractivity contribution is 1.32. The average molecular weight is 430 g/mol. The van der Waals surface area contributed by atoms with Crippen LogP contribution in [0.1, 0.15) is 10.4 Å². The lowest BCUT2D eigenvalue weighted by Gasteiger charge is -1.86. The van der Waals surface area contributed by atoms with Crippen LogP contribution in [0.25, 0.3) is 10.4 Å². The molecule has 2 aromatic heterocycles. The maximum Gasteiger partial charge on any atom is 0.0663 e. The van der Waals surface area contributed by atoms with Crippen molar-refractivity contribution >= 4 is 67.9 Å². The molecule has 3 rings (SSSR count). The molecule has 13 heavy (non-hydrogen) atoms. The third-order valence-corrected chi connectivity index (χ3v) is 6.02. The van der Waals surface area contributed by atoms with Crippen molar-refractivity contribution in [2.75, 3.05) is 0 Å². The number of fused-ring (bicyclic) bond motifs is 3. The Morgan fingerprint density at radius 2 is 1.85 bits per heavy atom. The molecule has 0 aromatic carbocycles. The molecule has 2 aromatic rings. The summed E-state index contributed by atoms with van der Waals surface area (Å²) in [5.41, 5.74) is 3.03. The quantitative estimate of drug-likeness (QED) is 0.458. The smallest absolute Gasteiger partial charge is 0.0663 e. The van der Waals surface area contributed by atoms with Gasteiger partial charge < -0.3 is 0 Å². The zero-order valence-electron chi connectivity index (χ0n) is 6.43. The summed E-state index contributed by atoms with van der Waals surface area (Å²) in [6.07, 6.45) is 1.16. The Labute approximate surface area is 112 Å². The van der Waals surface area contributed by atoms with Crippen LogP contribution in [0.15, 0.2) is 12.1 Å². The maximum atomic E-state index is 2.41. The molecule has 0 saturated carbocycles. The minimum absolute atomic E-state index is 1.16. The standard InChI is InChI=1S/C9H4I2S2/c10-7-2-4-1-6-5(9(4)13-7)3-8(11)12-6/h2-3H,1H2. The summed E-state index contributed by atoms with van der Waals surface area (Å²) >= 11 is 8.68. The molecule has 0 atom stereocenters. The van der Waals surface area contributed by atoms with Gasteiger partial charge in [-0.15, -0.1) is 22.7 Å². The molecule has 0 nitrogen and oxygen atoms in total. The van der Waals surface area contributed by atoms with Gasteiger partial charge in [0.1, 0.15) is 0 Å². The van der Waals surface area contributed by atoms with Crippen molar-refractivity contribution in [2.45, 2.75) is 6.42 Å². The largest absolute Gasteiger partial charge is 0.133 e. The van der Waals surface area contributed by atoms with Crippen molar-refractivity contribution in [1.82, 2.24) is 0 Å². The molecule has 0 aliphatic heterocycles. The molecule has 2 heterocycles. The Bertz CT molecular complexity index is 438. The Morgan fingerprint density at radius 3 is 2.69 bits per heavy atom. The zero-order valence-corrected chi connectivity index (χ0v) is 12.4. The Hall–Kier alpha value is 0.860. The molecule has 1 aliphatic carbocycles. The summed E-state index contributed by atoms with van der Waals surface area (Å²) in [6.45, 7) is 0. The fourth-order valence-corrected chi connectivity index (χ4v) is 5.72. The van der Waals surface area contributed by atoms with Gasteiger partial charge >= 0.3 is 0 Å². The van der Waals surface area contributed by atoms with Gasteiger partial charge in [0.25, 0.3) is 0 Å². The van der Waals surface area contributed by atoms with Crippen molar-refractivity contribution in [2.24, 2.45) is 0 Å². The predicted octanol–water partition coefficient (Wildman–Crippen LogP) is 4.59. The number of thiophene rings is 2. The average Bonchev–Trinajstić information content (AvgIpc) is 2.60. The van der Waals surface area contributed by atoms with Gasteiger partial charge in [-0.25, -0.2) is 0 Å². The summed E-state index contributed by atoms with van der Waals surface area (Å²) in [6, 6.07) is 4.64. The minimum Gasteiger partial charge on any atom is -0.133 e. The SMILES string of the molecule is Ic1cc2c(s1)Cc1cc(I)sc1-2. The second kappa shape index (κ2) is 3.18. The summed E-state index contributed by atoms with van der Waals surface area (Å²) in [5, 5.41) is 0. The Morgan fingerprint density at radius 1 is 1.08 bits per heavy atom. The van der Waals surface area contributed by atoms with Gasteiger partial charge in [0.15, 0.2) is 0 Å². The molecule has 1 aliphatic rings. The molecule has 0 bridgehead atoms. The topological polar surface area (TPSA) is 0 Å². The Kier molecular flexibility index (Phi) is 2.23. The van der Waals surface area contributed by atoms with Crippen LogP contribution in [0.3, 0.4) is 0 Å². The van der Waals surface area contributed by atoms with Crippen molar-refractivity contribution in [3.05, 3.63) is 28.3 Å². The lowest BCUT2D eigenvalue weighted by atomic mass is 10.3. The second-order valence-corrected chi connectivity index (χ2v) is 8.95. The van der Waals surface area contributed by atoms with Crippen LogP contribution in [0.2, 0.25) is 0 Å². The van der Waals surface area contributed by atoms with Gasteiger partial charge in [-0.3, -0.25) is 0 Å². The molecular formula is C9H4I2S2. The zero-order chi connectivity index (χ0) is 9.00. The molecule has 0 unspecified atom stereocenters. The Balaban J connectivity index is 2.28. The normalized spacial score (nSPS) is 13.1. The maximum absolute atomic E-state index is 2.41. The van der Waals surface area contributed by atoms with E-state index in [9.17, 15) is 0 Å². The van der Waals surface area contributed by atoms with Crippen LogP contribution in [0.5, 0.6) is 0 Å². The third kappa shape index (κ3) is 1.40.